The lowest BCUT2D eigenvalue weighted by atomic mass is 10.4. The largest absolute Gasteiger partial charge is 0.332 e. The molecule has 0 aliphatic heterocycles. The number of anilines is 1. The molecule has 2 heterocycles. The van der Waals surface area contributed by atoms with Gasteiger partial charge in [0.15, 0.2) is 0 Å². The fourth-order valence-electron chi connectivity index (χ4n) is 1.84. The molecule has 108 valence electrons. The number of aryl methyl sites for hydroxylation is 2. The number of nitrogens with zero attached hydrogens (tertiary/aromatic N) is 5. The van der Waals surface area contributed by atoms with Gasteiger partial charge >= 0.3 is 6.03 Å². The predicted octanol–water partition coefficient (Wildman–Crippen LogP) is 1.23. The van der Waals surface area contributed by atoms with Crippen LogP contribution >= 0.6 is 0 Å². The molecule has 20 heavy (non-hydrogen) atoms. The molecular formula is C12H19N7O. The topological polar surface area (TPSA) is 89.7 Å². The van der Waals surface area contributed by atoms with Crippen molar-refractivity contribution in [3.05, 3.63) is 24.2 Å². The monoisotopic (exact) mass is 277 g/mol. The molecule has 0 bridgehead atoms. The van der Waals surface area contributed by atoms with Crippen LogP contribution in [0.15, 0.2) is 18.5 Å². The Morgan fingerprint density at radius 1 is 1.35 bits per heavy atom. The number of aromatic nitrogens is 5. The normalized spacial score (nSPS) is 10.5. The van der Waals surface area contributed by atoms with Crippen LogP contribution in [0.5, 0.6) is 0 Å². The van der Waals surface area contributed by atoms with Crippen LogP contribution in [0, 0.1) is 0 Å². The van der Waals surface area contributed by atoms with E-state index in [2.05, 4.69) is 33.0 Å². The maximum Gasteiger partial charge on any atom is 0.320 e. The first-order valence-corrected chi connectivity index (χ1v) is 6.68. The van der Waals surface area contributed by atoms with E-state index in [1.54, 1.807) is 27.8 Å². The van der Waals surface area contributed by atoms with E-state index in [4.69, 9.17) is 0 Å². The Kier molecular flexibility index (Phi) is 4.70. The molecule has 8 heteroatoms. The van der Waals surface area contributed by atoms with Gasteiger partial charge < -0.3 is 5.32 Å². The summed E-state index contributed by atoms with van der Waals surface area (Å²) in [6, 6.07) is 1.50. The minimum absolute atomic E-state index is 0.272. The molecular weight excluding hydrogens is 258 g/mol. The molecule has 2 N–H and O–H groups in total. The zero-order valence-electron chi connectivity index (χ0n) is 11.7. The number of urea groups is 1. The Balaban J connectivity index is 1.88. The van der Waals surface area contributed by atoms with E-state index in [9.17, 15) is 4.79 Å². The minimum atomic E-state index is -0.272. The van der Waals surface area contributed by atoms with E-state index < -0.39 is 0 Å². The number of amides is 2. The maximum atomic E-state index is 11.8. The standard InChI is InChI=1S/C12H19N7O/c1-3-7-19-11(5-6-15-19)16-12(20)13-8-10-9-14-17-18(10)4-2/h5-6,9H,3-4,7-8H2,1-2H3,(H2,13,16,20). The number of rotatable bonds is 6. The average Bonchev–Trinajstić information content (AvgIpc) is 3.06. The molecule has 0 atom stereocenters. The summed E-state index contributed by atoms with van der Waals surface area (Å²) in [5, 5.41) is 17.4. The van der Waals surface area contributed by atoms with Gasteiger partial charge in [0, 0.05) is 19.2 Å². The summed E-state index contributed by atoms with van der Waals surface area (Å²) < 4.78 is 3.50. The van der Waals surface area contributed by atoms with Gasteiger partial charge in [0.2, 0.25) is 0 Å². The van der Waals surface area contributed by atoms with Gasteiger partial charge in [0.25, 0.3) is 0 Å². The molecule has 8 nitrogen and oxygen atoms in total. The molecule has 2 amide bonds. The van der Waals surface area contributed by atoms with Gasteiger partial charge in [0.05, 0.1) is 24.6 Å². The molecule has 0 aliphatic carbocycles. The Bertz CT molecular complexity index is 560. The molecule has 0 aromatic carbocycles. The van der Waals surface area contributed by atoms with Crippen LogP contribution in [0.1, 0.15) is 26.0 Å². The average molecular weight is 277 g/mol. The van der Waals surface area contributed by atoms with Crippen molar-refractivity contribution >= 4 is 11.8 Å². The molecule has 0 aliphatic rings. The number of carbonyl (C=O) groups excluding carboxylic acids is 1. The second kappa shape index (κ2) is 6.69. The van der Waals surface area contributed by atoms with Gasteiger partial charge in [-0.3, -0.25) is 5.32 Å². The summed E-state index contributed by atoms with van der Waals surface area (Å²) in [5.74, 6) is 0.687. The van der Waals surface area contributed by atoms with E-state index in [0.29, 0.717) is 12.4 Å². The Labute approximate surface area is 117 Å². The van der Waals surface area contributed by atoms with Crippen LogP contribution in [0.2, 0.25) is 0 Å². The summed E-state index contributed by atoms with van der Waals surface area (Å²) in [5.41, 5.74) is 0.865. The quantitative estimate of drug-likeness (QED) is 0.831. The summed E-state index contributed by atoms with van der Waals surface area (Å²) in [4.78, 5) is 11.8. The Hall–Kier alpha value is -2.38. The van der Waals surface area contributed by atoms with Gasteiger partial charge in [-0.15, -0.1) is 5.10 Å². The molecule has 0 fully saturated rings. The van der Waals surface area contributed by atoms with Crippen LogP contribution in [0.4, 0.5) is 10.6 Å². The zero-order chi connectivity index (χ0) is 14.4. The van der Waals surface area contributed by atoms with E-state index in [-0.39, 0.29) is 6.03 Å². The van der Waals surface area contributed by atoms with Crippen molar-refractivity contribution in [1.29, 1.82) is 0 Å². The zero-order valence-corrected chi connectivity index (χ0v) is 11.7. The van der Waals surface area contributed by atoms with Crippen molar-refractivity contribution in [2.24, 2.45) is 0 Å². The van der Waals surface area contributed by atoms with Crippen LogP contribution in [-0.4, -0.2) is 30.8 Å². The smallest absolute Gasteiger partial charge is 0.320 e. The van der Waals surface area contributed by atoms with E-state index in [1.807, 2.05) is 6.92 Å². The molecule has 0 radical (unpaired) electrons. The van der Waals surface area contributed by atoms with Crippen molar-refractivity contribution in [3.63, 3.8) is 0 Å². The first-order chi connectivity index (χ1) is 9.74. The van der Waals surface area contributed by atoms with Gasteiger partial charge in [-0.05, 0) is 13.3 Å². The van der Waals surface area contributed by atoms with Gasteiger partial charge in [0.1, 0.15) is 5.82 Å². The maximum absolute atomic E-state index is 11.8. The highest BCUT2D eigenvalue weighted by Gasteiger charge is 2.08. The van der Waals surface area contributed by atoms with Crippen molar-refractivity contribution in [2.75, 3.05) is 5.32 Å². The van der Waals surface area contributed by atoms with Crippen molar-refractivity contribution in [1.82, 2.24) is 30.1 Å². The van der Waals surface area contributed by atoms with E-state index >= 15 is 0 Å². The van der Waals surface area contributed by atoms with Crippen molar-refractivity contribution in [3.8, 4) is 0 Å². The molecule has 0 unspecified atom stereocenters. The highest BCUT2D eigenvalue weighted by Crippen LogP contribution is 2.06. The molecule has 2 aromatic heterocycles. The third-order valence-corrected chi connectivity index (χ3v) is 2.82. The molecule has 0 saturated heterocycles. The second-order valence-electron chi connectivity index (χ2n) is 4.29. The predicted molar refractivity (Wildman–Crippen MR) is 74.1 cm³/mol. The van der Waals surface area contributed by atoms with Crippen molar-refractivity contribution < 1.29 is 4.79 Å². The SMILES string of the molecule is CCCn1nccc1NC(=O)NCc1cnnn1CC. The first-order valence-electron chi connectivity index (χ1n) is 6.68. The van der Waals surface area contributed by atoms with Gasteiger partial charge in [-0.25, -0.2) is 14.2 Å². The van der Waals surface area contributed by atoms with Crippen LogP contribution < -0.4 is 10.6 Å². The first kappa shape index (κ1) is 14.0. The number of hydrogen-bond donors (Lipinski definition) is 2. The van der Waals surface area contributed by atoms with E-state index in [0.717, 1.165) is 25.2 Å². The van der Waals surface area contributed by atoms with Gasteiger partial charge in [-0.2, -0.15) is 5.10 Å². The third-order valence-electron chi connectivity index (χ3n) is 2.82. The van der Waals surface area contributed by atoms with Crippen molar-refractivity contribution in [2.45, 2.75) is 39.9 Å². The summed E-state index contributed by atoms with van der Waals surface area (Å²) in [7, 11) is 0. The Morgan fingerprint density at radius 2 is 2.20 bits per heavy atom. The lowest BCUT2D eigenvalue weighted by Gasteiger charge is -2.09. The number of carbonyl (C=O) groups is 1. The fourth-order valence-corrected chi connectivity index (χ4v) is 1.84. The lowest BCUT2D eigenvalue weighted by molar-refractivity contribution is 0.251. The fraction of sp³-hybridized carbons (Fsp3) is 0.500. The highest BCUT2D eigenvalue weighted by atomic mass is 16.2. The van der Waals surface area contributed by atoms with E-state index in [1.165, 1.54) is 0 Å². The van der Waals surface area contributed by atoms with Crippen LogP contribution in [-0.2, 0) is 19.6 Å². The van der Waals surface area contributed by atoms with Gasteiger partial charge in [-0.1, -0.05) is 12.1 Å². The molecule has 0 saturated carbocycles. The summed E-state index contributed by atoms with van der Waals surface area (Å²) >= 11 is 0. The van der Waals surface area contributed by atoms with Crippen LogP contribution in [0.25, 0.3) is 0 Å². The number of hydrogen-bond acceptors (Lipinski definition) is 4. The summed E-state index contributed by atoms with van der Waals surface area (Å²) in [6.45, 7) is 5.91. The highest BCUT2D eigenvalue weighted by molar-refractivity contribution is 5.88. The molecule has 2 aromatic rings. The number of nitrogens with one attached hydrogen (secondary N) is 2. The van der Waals surface area contributed by atoms with Crippen LogP contribution in [0.3, 0.4) is 0 Å². The summed E-state index contributed by atoms with van der Waals surface area (Å²) in [6.07, 6.45) is 4.27. The lowest BCUT2D eigenvalue weighted by Crippen LogP contribution is -2.30. The Morgan fingerprint density at radius 3 is 2.95 bits per heavy atom. The minimum Gasteiger partial charge on any atom is -0.332 e. The second-order valence-corrected chi connectivity index (χ2v) is 4.29. The third kappa shape index (κ3) is 3.34. The molecule has 2 rings (SSSR count). The molecule has 0 spiro atoms.